The molecule has 0 fully saturated rings. The third kappa shape index (κ3) is 4.01. The Morgan fingerprint density at radius 3 is 2.56 bits per heavy atom. The summed E-state index contributed by atoms with van der Waals surface area (Å²) in [7, 11) is -4.09. The van der Waals surface area contributed by atoms with E-state index in [2.05, 4.69) is 4.72 Å². The van der Waals surface area contributed by atoms with Crippen LogP contribution in [0.15, 0.2) is 70.9 Å². The molecule has 0 atom stereocenters. The smallest absolute Gasteiger partial charge is 0.243 e. The number of hydrogen-bond donors (Lipinski definition) is 1. The van der Waals surface area contributed by atoms with E-state index in [9.17, 15) is 17.6 Å². The van der Waals surface area contributed by atoms with Crippen molar-refractivity contribution in [2.45, 2.75) is 4.90 Å². The van der Waals surface area contributed by atoms with Crippen LogP contribution in [0, 0.1) is 5.82 Å². The number of Topliss-reactive ketones (excluding diaryl/α,β-unsaturated/α-hetero) is 1. The molecule has 1 heterocycles. The molecule has 3 aromatic rings. The lowest BCUT2D eigenvalue weighted by molar-refractivity contribution is 0.0997. The first-order valence-electron chi connectivity index (χ1n) is 7.39. The molecule has 128 valence electrons. The lowest BCUT2D eigenvalue weighted by Gasteiger charge is -2.08. The van der Waals surface area contributed by atoms with Crippen LogP contribution >= 0.6 is 11.3 Å². The maximum atomic E-state index is 13.6. The summed E-state index contributed by atoms with van der Waals surface area (Å²) in [4.78, 5) is 12.9. The number of carbonyl (C=O) groups is 1. The summed E-state index contributed by atoms with van der Waals surface area (Å²) in [5, 5.41) is 1.94. The van der Waals surface area contributed by atoms with Gasteiger partial charge in [0.25, 0.3) is 0 Å². The second-order valence-corrected chi connectivity index (χ2v) is 7.92. The van der Waals surface area contributed by atoms with Gasteiger partial charge in [-0.05, 0) is 35.2 Å². The largest absolute Gasteiger partial charge is 0.293 e. The quantitative estimate of drug-likeness (QED) is 0.668. The van der Waals surface area contributed by atoms with E-state index in [0.717, 1.165) is 22.6 Å². The van der Waals surface area contributed by atoms with Crippen molar-refractivity contribution >= 4 is 27.1 Å². The molecule has 0 saturated carbocycles. The molecular formula is C18H14FNO3S2. The van der Waals surface area contributed by atoms with E-state index >= 15 is 0 Å². The standard InChI is InChI=1S/C18H14FNO3S2/c19-15-7-1-2-9-18(15)25(22,23)20-12-16(21)13-5-3-6-14(11-13)17-8-4-10-24-17/h1-11,20H,12H2. The lowest BCUT2D eigenvalue weighted by atomic mass is 10.1. The van der Waals surface area contributed by atoms with Crippen molar-refractivity contribution < 1.29 is 17.6 Å². The zero-order chi connectivity index (χ0) is 17.9. The summed E-state index contributed by atoms with van der Waals surface area (Å²) < 4.78 is 40.1. The van der Waals surface area contributed by atoms with Crippen molar-refractivity contribution in [3.63, 3.8) is 0 Å². The van der Waals surface area contributed by atoms with Crippen LogP contribution in [0.25, 0.3) is 10.4 Å². The van der Waals surface area contributed by atoms with E-state index < -0.39 is 33.1 Å². The summed E-state index contributed by atoms with van der Waals surface area (Å²) in [5.41, 5.74) is 1.28. The van der Waals surface area contributed by atoms with Gasteiger partial charge in [0.1, 0.15) is 10.7 Å². The fourth-order valence-electron chi connectivity index (χ4n) is 2.29. The van der Waals surface area contributed by atoms with Crippen LogP contribution < -0.4 is 4.72 Å². The molecule has 2 aromatic carbocycles. The number of ketones is 1. The number of carbonyl (C=O) groups excluding carboxylic acids is 1. The second kappa shape index (κ2) is 7.26. The molecule has 1 N–H and O–H groups in total. The molecule has 0 aliphatic heterocycles. The highest BCUT2D eigenvalue weighted by Crippen LogP contribution is 2.25. The Labute approximate surface area is 149 Å². The minimum absolute atomic E-state index is 0.390. The number of rotatable bonds is 6. The highest BCUT2D eigenvalue weighted by atomic mass is 32.2. The van der Waals surface area contributed by atoms with E-state index in [4.69, 9.17) is 0 Å². The van der Waals surface area contributed by atoms with Crippen LogP contribution in [0.1, 0.15) is 10.4 Å². The van der Waals surface area contributed by atoms with Crippen molar-refractivity contribution in [1.29, 1.82) is 0 Å². The molecule has 7 heteroatoms. The van der Waals surface area contributed by atoms with Gasteiger partial charge in [0.05, 0.1) is 6.54 Å². The Bertz CT molecular complexity index is 999. The highest BCUT2D eigenvalue weighted by molar-refractivity contribution is 7.89. The van der Waals surface area contributed by atoms with Gasteiger partial charge in [-0.15, -0.1) is 11.3 Å². The fourth-order valence-corrected chi connectivity index (χ4v) is 4.07. The maximum Gasteiger partial charge on any atom is 0.243 e. The SMILES string of the molecule is O=C(CNS(=O)(=O)c1ccccc1F)c1cccc(-c2cccs2)c1. The van der Waals surface area contributed by atoms with Crippen molar-refractivity contribution in [2.75, 3.05) is 6.54 Å². The summed E-state index contributed by atoms with van der Waals surface area (Å²) in [6.07, 6.45) is 0. The summed E-state index contributed by atoms with van der Waals surface area (Å²) in [5.74, 6) is -1.25. The van der Waals surface area contributed by atoms with E-state index in [1.54, 1.807) is 29.5 Å². The van der Waals surface area contributed by atoms with E-state index in [0.29, 0.717) is 5.56 Å². The maximum absolute atomic E-state index is 13.6. The summed E-state index contributed by atoms with van der Waals surface area (Å²) in [6.45, 7) is -0.440. The molecular weight excluding hydrogens is 361 g/mol. The molecule has 25 heavy (non-hydrogen) atoms. The lowest BCUT2D eigenvalue weighted by Crippen LogP contribution is -2.30. The molecule has 0 amide bonds. The van der Waals surface area contributed by atoms with Crippen LogP contribution in [0.2, 0.25) is 0 Å². The first-order chi connectivity index (χ1) is 12.0. The Hall–Kier alpha value is -2.35. The van der Waals surface area contributed by atoms with Crippen LogP contribution in [0.4, 0.5) is 4.39 Å². The van der Waals surface area contributed by atoms with Crippen molar-refractivity contribution in [3.8, 4) is 10.4 Å². The third-order valence-corrected chi connectivity index (χ3v) is 5.89. The monoisotopic (exact) mass is 375 g/mol. The number of hydrogen-bond acceptors (Lipinski definition) is 4. The number of sulfonamides is 1. The Morgan fingerprint density at radius 2 is 1.84 bits per heavy atom. The second-order valence-electron chi connectivity index (χ2n) is 5.24. The molecule has 0 saturated heterocycles. The normalized spacial score (nSPS) is 11.4. The summed E-state index contributed by atoms with van der Waals surface area (Å²) in [6, 6.07) is 15.8. The Balaban J connectivity index is 1.75. The van der Waals surface area contributed by atoms with Crippen LogP contribution in [0.5, 0.6) is 0 Å². The molecule has 0 bridgehead atoms. The van der Waals surface area contributed by atoms with Gasteiger partial charge in [-0.3, -0.25) is 4.79 Å². The van der Waals surface area contributed by atoms with Gasteiger partial charge in [0.15, 0.2) is 5.78 Å². The summed E-state index contributed by atoms with van der Waals surface area (Å²) >= 11 is 1.55. The third-order valence-electron chi connectivity index (χ3n) is 3.54. The molecule has 0 radical (unpaired) electrons. The molecule has 0 unspecified atom stereocenters. The predicted molar refractivity (Wildman–Crippen MR) is 95.7 cm³/mol. The molecule has 0 spiro atoms. The van der Waals surface area contributed by atoms with E-state index in [1.807, 2.05) is 23.6 Å². The molecule has 0 aliphatic carbocycles. The molecule has 4 nitrogen and oxygen atoms in total. The first kappa shape index (κ1) is 17.5. The van der Waals surface area contributed by atoms with Crippen LogP contribution in [-0.4, -0.2) is 20.7 Å². The van der Waals surface area contributed by atoms with Gasteiger partial charge >= 0.3 is 0 Å². The van der Waals surface area contributed by atoms with E-state index in [1.165, 1.54) is 12.1 Å². The minimum Gasteiger partial charge on any atom is -0.293 e. The number of halogens is 1. The molecule has 0 aliphatic rings. The minimum atomic E-state index is -4.09. The van der Waals surface area contributed by atoms with Gasteiger partial charge in [-0.25, -0.2) is 17.5 Å². The van der Waals surface area contributed by atoms with Gasteiger partial charge in [-0.2, -0.15) is 0 Å². The zero-order valence-electron chi connectivity index (χ0n) is 13.0. The topological polar surface area (TPSA) is 63.2 Å². The van der Waals surface area contributed by atoms with Gasteiger partial charge in [-0.1, -0.05) is 36.4 Å². The Morgan fingerprint density at radius 1 is 1.04 bits per heavy atom. The fraction of sp³-hybridized carbons (Fsp3) is 0.0556. The van der Waals surface area contributed by atoms with Gasteiger partial charge in [0.2, 0.25) is 10.0 Å². The van der Waals surface area contributed by atoms with Gasteiger partial charge < -0.3 is 0 Å². The average molecular weight is 375 g/mol. The number of benzene rings is 2. The first-order valence-corrected chi connectivity index (χ1v) is 9.75. The predicted octanol–water partition coefficient (Wildman–Crippen LogP) is 3.72. The van der Waals surface area contributed by atoms with E-state index in [-0.39, 0.29) is 0 Å². The Kier molecular flexibility index (Phi) is 5.08. The molecule has 3 rings (SSSR count). The number of nitrogens with one attached hydrogen (secondary N) is 1. The van der Waals surface area contributed by atoms with Crippen LogP contribution in [-0.2, 0) is 10.0 Å². The van der Waals surface area contributed by atoms with Crippen LogP contribution in [0.3, 0.4) is 0 Å². The zero-order valence-corrected chi connectivity index (χ0v) is 14.6. The highest BCUT2D eigenvalue weighted by Gasteiger charge is 2.19. The average Bonchev–Trinajstić information content (AvgIpc) is 3.15. The number of thiophene rings is 1. The molecule has 1 aromatic heterocycles. The van der Waals surface area contributed by atoms with Crippen molar-refractivity contribution in [1.82, 2.24) is 4.72 Å². The van der Waals surface area contributed by atoms with Crippen molar-refractivity contribution in [2.24, 2.45) is 0 Å². The van der Waals surface area contributed by atoms with Gasteiger partial charge in [0, 0.05) is 10.4 Å². The van der Waals surface area contributed by atoms with Crippen molar-refractivity contribution in [3.05, 3.63) is 77.4 Å².